The molecule has 0 heterocycles. The highest BCUT2D eigenvalue weighted by molar-refractivity contribution is 6.70. The predicted molar refractivity (Wildman–Crippen MR) is 81.4 cm³/mol. The second-order valence-corrected chi connectivity index (χ2v) is 4.85. The Hall–Kier alpha value is -2.23. The number of carbonyl (C=O) groups is 1. The van der Waals surface area contributed by atoms with E-state index in [9.17, 15) is 4.79 Å². The molecular weight excluding hydrogens is 251 g/mol. The number of ether oxygens (including phenoxy) is 2. The summed E-state index contributed by atoms with van der Waals surface area (Å²) < 4.78 is 10.4. The maximum atomic E-state index is 11.5. The SMILES string of the molecule is COC(=O)c1cccc(Oc2ccc(B(C)C)cc2)c1. The van der Waals surface area contributed by atoms with E-state index in [4.69, 9.17) is 4.74 Å². The average molecular weight is 268 g/mol. The zero-order chi connectivity index (χ0) is 14.5. The molecule has 0 aromatic heterocycles. The van der Waals surface area contributed by atoms with Gasteiger partial charge in [-0.15, -0.1) is 0 Å². The van der Waals surface area contributed by atoms with E-state index >= 15 is 0 Å². The van der Waals surface area contributed by atoms with Gasteiger partial charge in [0.1, 0.15) is 11.5 Å². The molecule has 4 heteroatoms. The molecule has 0 unspecified atom stereocenters. The van der Waals surface area contributed by atoms with Crippen LogP contribution < -0.4 is 10.2 Å². The van der Waals surface area contributed by atoms with Crippen LogP contribution in [0.3, 0.4) is 0 Å². The van der Waals surface area contributed by atoms with Crippen molar-refractivity contribution >= 4 is 18.1 Å². The number of carbonyl (C=O) groups excluding carboxylic acids is 1. The van der Waals surface area contributed by atoms with Crippen LogP contribution in [-0.2, 0) is 4.74 Å². The Bertz CT molecular complexity index is 591. The lowest BCUT2D eigenvalue weighted by Crippen LogP contribution is -2.21. The Kier molecular flexibility index (Phi) is 4.46. The van der Waals surface area contributed by atoms with Gasteiger partial charge in [-0.25, -0.2) is 4.79 Å². The van der Waals surface area contributed by atoms with Gasteiger partial charge in [0.25, 0.3) is 0 Å². The van der Waals surface area contributed by atoms with Gasteiger partial charge in [-0.05, 0) is 30.3 Å². The number of esters is 1. The van der Waals surface area contributed by atoms with E-state index in [0.29, 0.717) is 18.0 Å². The first kappa shape index (κ1) is 14.2. The van der Waals surface area contributed by atoms with E-state index in [-0.39, 0.29) is 5.97 Å². The van der Waals surface area contributed by atoms with Crippen LogP contribution in [0.2, 0.25) is 13.6 Å². The zero-order valence-corrected chi connectivity index (χ0v) is 11.9. The fraction of sp³-hybridized carbons (Fsp3) is 0.188. The van der Waals surface area contributed by atoms with Crippen molar-refractivity contribution in [2.24, 2.45) is 0 Å². The van der Waals surface area contributed by atoms with Gasteiger partial charge in [0.2, 0.25) is 0 Å². The Morgan fingerprint density at radius 3 is 2.30 bits per heavy atom. The third-order valence-corrected chi connectivity index (χ3v) is 3.04. The summed E-state index contributed by atoms with van der Waals surface area (Å²) in [6, 6.07) is 14.9. The monoisotopic (exact) mass is 268 g/mol. The van der Waals surface area contributed by atoms with E-state index in [0.717, 1.165) is 5.75 Å². The molecule has 102 valence electrons. The van der Waals surface area contributed by atoms with Crippen LogP contribution in [0.25, 0.3) is 0 Å². The van der Waals surface area contributed by atoms with Gasteiger partial charge < -0.3 is 9.47 Å². The van der Waals surface area contributed by atoms with Crippen LogP contribution in [0.4, 0.5) is 0 Å². The molecule has 2 aromatic rings. The van der Waals surface area contributed by atoms with Gasteiger partial charge in [-0.3, -0.25) is 0 Å². The van der Waals surface area contributed by atoms with Gasteiger partial charge >= 0.3 is 5.97 Å². The first-order valence-electron chi connectivity index (χ1n) is 6.56. The summed E-state index contributed by atoms with van der Waals surface area (Å²) in [7, 11) is 1.36. The molecule has 20 heavy (non-hydrogen) atoms. The molecule has 2 rings (SSSR count). The minimum atomic E-state index is -0.370. The molecule has 0 fully saturated rings. The van der Waals surface area contributed by atoms with Gasteiger partial charge in [-0.1, -0.05) is 37.3 Å². The van der Waals surface area contributed by atoms with Crippen LogP contribution >= 0.6 is 0 Å². The molecule has 0 aliphatic rings. The first-order valence-corrected chi connectivity index (χ1v) is 6.56. The van der Waals surface area contributed by atoms with Crippen molar-refractivity contribution in [1.29, 1.82) is 0 Å². The molecule has 2 aromatic carbocycles. The summed E-state index contributed by atoms with van der Waals surface area (Å²) in [4.78, 5) is 11.5. The first-order chi connectivity index (χ1) is 9.60. The lowest BCUT2D eigenvalue weighted by Gasteiger charge is -2.08. The molecule has 0 radical (unpaired) electrons. The molecule has 0 spiro atoms. The summed E-state index contributed by atoms with van der Waals surface area (Å²) in [5.74, 6) is 0.993. The molecule has 0 saturated heterocycles. The Morgan fingerprint density at radius 1 is 1.00 bits per heavy atom. The van der Waals surface area contributed by atoms with Crippen molar-refractivity contribution in [3.8, 4) is 11.5 Å². The smallest absolute Gasteiger partial charge is 0.337 e. The topological polar surface area (TPSA) is 35.5 Å². The van der Waals surface area contributed by atoms with Crippen LogP contribution in [0.1, 0.15) is 10.4 Å². The molecule has 0 aliphatic heterocycles. The third-order valence-electron chi connectivity index (χ3n) is 3.04. The lowest BCUT2D eigenvalue weighted by molar-refractivity contribution is 0.0600. The van der Waals surface area contributed by atoms with E-state index in [2.05, 4.69) is 18.4 Å². The third kappa shape index (κ3) is 3.41. The predicted octanol–water partition coefficient (Wildman–Crippen LogP) is 3.23. The summed E-state index contributed by atoms with van der Waals surface area (Å²) in [6.45, 7) is 4.79. The van der Waals surface area contributed by atoms with E-state index in [1.807, 2.05) is 30.3 Å². The second kappa shape index (κ2) is 6.28. The van der Waals surface area contributed by atoms with Crippen molar-refractivity contribution in [2.75, 3.05) is 7.11 Å². The fourth-order valence-electron chi connectivity index (χ4n) is 1.86. The standard InChI is InChI=1S/C16H17BO3/c1-17(2)13-7-9-14(10-8-13)20-15-6-4-5-12(11-15)16(18)19-3/h4-11H,1-3H3. The second-order valence-electron chi connectivity index (χ2n) is 4.85. The maximum Gasteiger partial charge on any atom is 0.337 e. The van der Waals surface area contributed by atoms with Crippen LogP contribution in [-0.4, -0.2) is 19.8 Å². The zero-order valence-electron chi connectivity index (χ0n) is 11.9. The van der Waals surface area contributed by atoms with Crippen molar-refractivity contribution in [1.82, 2.24) is 0 Å². The van der Waals surface area contributed by atoms with E-state index in [1.54, 1.807) is 18.2 Å². The van der Waals surface area contributed by atoms with Gasteiger partial charge in [-0.2, -0.15) is 0 Å². The summed E-state index contributed by atoms with van der Waals surface area (Å²) in [6.07, 6.45) is 0. The van der Waals surface area contributed by atoms with Crippen molar-refractivity contribution in [3.05, 3.63) is 54.1 Å². The summed E-state index contributed by atoms with van der Waals surface area (Å²) in [5, 5.41) is 0. The largest absolute Gasteiger partial charge is 0.465 e. The molecular formula is C16H17BO3. The molecule has 0 atom stereocenters. The van der Waals surface area contributed by atoms with Gasteiger partial charge in [0, 0.05) is 0 Å². The normalized spacial score (nSPS) is 9.95. The van der Waals surface area contributed by atoms with Crippen LogP contribution in [0, 0.1) is 0 Å². The number of benzene rings is 2. The number of methoxy groups -OCH3 is 1. The minimum absolute atomic E-state index is 0.370. The highest BCUT2D eigenvalue weighted by atomic mass is 16.5. The molecule has 0 bridgehead atoms. The maximum absolute atomic E-state index is 11.5. The van der Waals surface area contributed by atoms with Crippen LogP contribution in [0.5, 0.6) is 11.5 Å². The molecule has 0 N–H and O–H groups in total. The Morgan fingerprint density at radius 2 is 1.70 bits per heavy atom. The number of hydrogen-bond acceptors (Lipinski definition) is 3. The summed E-state index contributed by atoms with van der Waals surface area (Å²) >= 11 is 0. The van der Waals surface area contributed by atoms with Gasteiger partial charge in [0.05, 0.1) is 12.7 Å². The summed E-state index contributed by atoms with van der Waals surface area (Å²) in [5.41, 5.74) is 1.74. The minimum Gasteiger partial charge on any atom is -0.465 e. The number of rotatable bonds is 4. The Balaban J connectivity index is 2.15. The lowest BCUT2D eigenvalue weighted by atomic mass is 9.49. The van der Waals surface area contributed by atoms with Crippen LogP contribution in [0.15, 0.2) is 48.5 Å². The molecule has 0 amide bonds. The highest BCUT2D eigenvalue weighted by Gasteiger charge is 2.07. The van der Waals surface area contributed by atoms with Crippen molar-refractivity contribution in [3.63, 3.8) is 0 Å². The quantitative estimate of drug-likeness (QED) is 0.630. The van der Waals surface area contributed by atoms with E-state index < -0.39 is 0 Å². The molecule has 0 saturated carbocycles. The number of hydrogen-bond donors (Lipinski definition) is 0. The van der Waals surface area contributed by atoms with Crippen molar-refractivity contribution in [2.45, 2.75) is 13.6 Å². The van der Waals surface area contributed by atoms with E-state index in [1.165, 1.54) is 12.6 Å². The van der Waals surface area contributed by atoms with Gasteiger partial charge in [0.15, 0.2) is 6.71 Å². The molecule has 3 nitrogen and oxygen atoms in total. The highest BCUT2D eigenvalue weighted by Crippen LogP contribution is 2.21. The fourth-order valence-corrected chi connectivity index (χ4v) is 1.86. The van der Waals surface area contributed by atoms with Crippen molar-refractivity contribution < 1.29 is 14.3 Å². The average Bonchev–Trinajstić information content (AvgIpc) is 2.47. The molecule has 0 aliphatic carbocycles. The Labute approximate surface area is 119 Å².